The number of carbonyl (C=O) groups excluding carboxylic acids is 1. The van der Waals surface area contributed by atoms with Crippen molar-refractivity contribution in [2.24, 2.45) is 5.73 Å². The number of tetrazole rings is 1. The molecule has 3 aromatic heterocycles. The first-order valence-corrected chi connectivity index (χ1v) is 12.0. The average Bonchev–Trinajstić information content (AvgIpc) is 3.66. The van der Waals surface area contributed by atoms with Gasteiger partial charge in [0.1, 0.15) is 12.2 Å². The Morgan fingerprint density at radius 3 is 2.81 bits per heavy atom. The van der Waals surface area contributed by atoms with Crippen molar-refractivity contribution in [1.29, 1.82) is 0 Å². The fourth-order valence-electron chi connectivity index (χ4n) is 5.18. The molecule has 0 saturated carbocycles. The van der Waals surface area contributed by atoms with Crippen molar-refractivity contribution in [2.45, 2.75) is 37.9 Å². The molecule has 2 aliphatic rings. The van der Waals surface area contributed by atoms with Crippen LogP contribution < -0.4 is 5.73 Å². The Hall–Kier alpha value is -4.03. The van der Waals surface area contributed by atoms with Crippen molar-refractivity contribution in [3.8, 4) is 16.9 Å². The van der Waals surface area contributed by atoms with Crippen molar-refractivity contribution in [3.63, 3.8) is 0 Å². The summed E-state index contributed by atoms with van der Waals surface area (Å²) in [7, 11) is 0. The van der Waals surface area contributed by atoms with Crippen molar-refractivity contribution in [1.82, 2.24) is 40.1 Å². The highest BCUT2D eigenvalue weighted by Crippen LogP contribution is 2.44. The number of fused-ring (bicyclic) bond motifs is 1. The maximum atomic E-state index is 15.3. The topological polar surface area (TPSA) is 132 Å². The third-order valence-corrected chi connectivity index (χ3v) is 7.15. The number of benzene rings is 1. The molecule has 4 aromatic rings. The van der Waals surface area contributed by atoms with Gasteiger partial charge in [0, 0.05) is 36.0 Å². The van der Waals surface area contributed by atoms with Gasteiger partial charge in [0.05, 0.1) is 34.3 Å². The van der Waals surface area contributed by atoms with Gasteiger partial charge in [-0.05, 0) is 53.5 Å². The van der Waals surface area contributed by atoms with Gasteiger partial charge in [-0.1, -0.05) is 11.6 Å². The Balaban J connectivity index is 1.33. The lowest BCUT2D eigenvalue weighted by atomic mass is 9.92. The summed E-state index contributed by atoms with van der Waals surface area (Å²) in [5, 5.41) is 11.1. The van der Waals surface area contributed by atoms with E-state index in [0.29, 0.717) is 47.6 Å². The molecule has 0 aliphatic carbocycles. The predicted octanol–water partition coefficient (Wildman–Crippen LogP) is 3.36. The average molecular weight is 524 g/mol. The van der Waals surface area contributed by atoms with E-state index in [1.165, 1.54) is 35.5 Å². The summed E-state index contributed by atoms with van der Waals surface area (Å²) >= 11 is 6.09. The molecule has 10 nitrogen and oxygen atoms in total. The fourth-order valence-corrected chi connectivity index (χ4v) is 5.34. The van der Waals surface area contributed by atoms with Crippen molar-refractivity contribution in [3.05, 3.63) is 76.7 Å². The van der Waals surface area contributed by atoms with E-state index in [-0.39, 0.29) is 40.8 Å². The first-order valence-electron chi connectivity index (χ1n) is 11.6. The summed E-state index contributed by atoms with van der Waals surface area (Å²) in [4.78, 5) is 26.7. The van der Waals surface area contributed by atoms with E-state index in [9.17, 15) is 9.18 Å². The summed E-state index contributed by atoms with van der Waals surface area (Å²) < 4.78 is 31.4. The molecule has 37 heavy (non-hydrogen) atoms. The monoisotopic (exact) mass is 523 g/mol. The summed E-state index contributed by atoms with van der Waals surface area (Å²) in [6, 6.07) is 4.09. The Morgan fingerprint density at radius 1 is 1.16 bits per heavy atom. The highest BCUT2D eigenvalue weighted by Gasteiger charge is 2.42. The molecule has 5 heterocycles. The van der Waals surface area contributed by atoms with Gasteiger partial charge >= 0.3 is 0 Å². The molecule has 0 bridgehead atoms. The van der Waals surface area contributed by atoms with Gasteiger partial charge in [-0.3, -0.25) is 9.78 Å². The fraction of sp³-hybridized carbons (Fsp3) is 0.250. The van der Waals surface area contributed by atoms with Crippen LogP contribution in [0.2, 0.25) is 5.02 Å². The molecule has 2 atom stereocenters. The number of pyridine rings is 1. The quantitative estimate of drug-likeness (QED) is 0.410. The number of halogens is 3. The molecule has 1 saturated heterocycles. The molecule has 3 N–H and O–H groups in total. The minimum Gasteiger partial charge on any atom is -0.340 e. The van der Waals surface area contributed by atoms with Crippen molar-refractivity contribution in [2.75, 3.05) is 0 Å². The van der Waals surface area contributed by atoms with Crippen LogP contribution in [0.3, 0.4) is 0 Å². The van der Waals surface area contributed by atoms with Crippen LogP contribution in [0, 0.1) is 11.6 Å². The lowest BCUT2D eigenvalue weighted by Crippen LogP contribution is -2.39. The Kier molecular flexibility index (Phi) is 5.76. The number of carbonyl (C=O) groups is 1. The summed E-state index contributed by atoms with van der Waals surface area (Å²) in [6.07, 6.45) is 7.56. The number of rotatable bonds is 5. The molecular formula is C24H20ClF2N9O. The summed E-state index contributed by atoms with van der Waals surface area (Å²) in [5.74, 6) is -0.859. The second-order valence-electron chi connectivity index (χ2n) is 8.88. The van der Waals surface area contributed by atoms with Crippen LogP contribution in [0.15, 0.2) is 43.0 Å². The number of H-pyrrole nitrogens is 1. The third kappa shape index (κ3) is 3.89. The van der Waals surface area contributed by atoms with Gasteiger partial charge in [-0.15, -0.1) is 5.10 Å². The number of nitrogens with one attached hydrogen (secondary N) is 1. The molecule has 1 unspecified atom stereocenters. The smallest absolute Gasteiger partial charge is 0.247 e. The maximum absolute atomic E-state index is 15.3. The summed E-state index contributed by atoms with van der Waals surface area (Å²) in [6.45, 7) is -0.0235. The number of aromatic amines is 1. The number of imidazole rings is 1. The summed E-state index contributed by atoms with van der Waals surface area (Å²) in [5.41, 5.74) is 7.62. The number of nitrogens with zero attached hydrogens (tertiary/aromatic N) is 7. The normalized spacial score (nSPS) is 19.3. The largest absolute Gasteiger partial charge is 0.340 e. The molecule has 2 aliphatic heterocycles. The Morgan fingerprint density at radius 2 is 2.03 bits per heavy atom. The van der Waals surface area contributed by atoms with E-state index < -0.39 is 11.6 Å². The van der Waals surface area contributed by atoms with Crippen LogP contribution in [0.5, 0.6) is 0 Å². The second-order valence-corrected chi connectivity index (χ2v) is 9.29. The predicted molar refractivity (Wildman–Crippen MR) is 129 cm³/mol. The zero-order chi connectivity index (χ0) is 25.7. The zero-order valence-corrected chi connectivity index (χ0v) is 20.0. The van der Waals surface area contributed by atoms with E-state index in [2.05, 4.69) is 30.5 Å². The van der Waals surface area contributed by atoms with Crippen LogP contribution in [0.25, 0.3) is 22.5 Å². The lowest BCUT2D eigenvalue weighted by molar-refractivity contribution is -0.129. The van der Waals surface area contributed by atoms with E-state index in [4.69, 9.17) is 17.3 Å². The number of hydrogen-bond acceptors (Lipinski definition) is 7. The maximum Gasteiger partial charge on any atom is 0.247 e. The SMILES string of the molecule is NCc1nccc(-c2cnc([C@@H]3CCC4CC(c5c(-n6cnnn6)ccc(Cl)c5F)=CC(=O)N43)[nH]2)c1F. The zero-order valence-electron chi connectivity index (χ0n) is 19.3. The number of hydrogen-bond donors (Lipinski definition) is 2. The van der Waals surface area contributed by atoms with E-state index in [0.717, 1.165) is 0 Å². The molecule has 188 valence electrons. The van der Waals surface area contributed by atoms with E-state index in [1.807, 2.05) is 0 Å². The number of amides is 1. The van der Waals surface area contributed by atoms with Crippen LogP contribution in [0.4, 0.5) is 8.78 Å². The number of aromatic nitrogens is 7. The van der Waals surface area contributed by atoms with E-state index in [1.54, 1.807) is 17.0 Å². The highest BCUT2D eigenvalue weighted by atomic mass is 35.5. The van der Waals surface area contributed by atoms with Crippen LogP contribution in [0.1, 0.15) is 42.4 Å². The minimum absolute atomic E-state index is 0.0235. The molecule has 0 radical (unpaired) electrons. The number of nitrogens with two attached hydrogens (primary N) is 1. The third-order valence-electron chi connectivity index (χ3n) is 6.86. The van der Waals surface area contributed by atoms with Gasteiger partial charge in [-0.2, -0.15) is 4.68 Å². The van der Waals surface area contributed by atoms with Crippen molar-refractivity contribution < 1.29 is 13.6 Å². The first kappa shape index (κ1) is 23.4. The van der Waals surface area contributed by atoms with Gasteiger partial charge in [-0.25, -0.2) is 13.8 Å². The van der Waals surface area contributed by atoms with E-state index >= 15 is 4.39 Å². The lowest BCUT2D eigenvalue weighted by Gasteiger charge is -2.33. The molecule has 1 aromatic carbocycles. The van der Waals surface area contributed by atoms with Gasteiger partial charge in [0.2, 0.25) is 5.91 Å². The molecule has 1 amide bonds. The Labute approximate surface area is 214 Å². The standard InChI is InChI=1S/C24H20ClF2N9O/c25-15-2-4-18(35-11-31-33-34-35)21(23(15)27)12-7-13-1-3-19(36(13)20(37)8-12)24-30-10-17(32-24)14-5-6-29-16(9-28)22(14)26/h2,4-6,8,10-11,13,19H,1,3,7,9,28H2,(H,30,32)/t13?,19-/m0/s1. The first-order chi connectivity index (χ1) is 18.0. The second kappa shape index (κ2) is 9.12. The van der Waals surface area contributed by atoms with Crippen LogP contribution >= 0.6 is 11.6 Å². The van der Waals surface area contributed by atoms with Crippen LogP contribution in [-0.4, -0.2) is 52.0 Å². The molecule has 6 rings (SSSR count). The molecular weight excluding hydrogens is 504 g/mol. The van der Waals surface area contributed by atoms with Crippen LogP contribution in [-0.2, 0) is 11.3 Å². The van der Waals surface area contributed by atoms with Gasteiger partial charge in [0.15, 0.2) is 11.6 Å². The van der Waals surface area contributed by atoms with Gasteiger partial charge < -0.3 is 15.6 Å². The highest BCUT2D eigenvalue weighted by molar-refractivity contribution is 6.31. The van der Waals surface area contributed by atoms with Gasteiger partial charge in [0.25, 0.3) is 0 Å². The molecule has 1 fully saturated rings. The Bertz CT molecular complexity index is 1540. The molecule has 13 heteroatoms. The van der Waals surface area contributed by atoms with Crippen molar-refractivity contribution >= 4 is 23.1 Å². The molecule has 0 spiro atoms. The minimum atomic E-state index is -0.636.